The lowest BCUT2D eigenvalue weighted by Crippen LogP contribution is -2.27. The van der Waals surface area contributed by atoms with Crippen LogP contribution in [0.3, 0.4) is 0 Å². The van der Waals surface area contributed by atoms with Crippen molar-refractivity contribution in [1.29, 1.82) is 0 Å². The van der Waals surface area contributed by atoms with Crippen LogP contribution >= 0.6 is 0 Å². The molecule has 0 amide bonds. The van der Waals surface area contributed by atoms with Crippen molar-refractivity contribution < 1.29 is 19.4 Å². The summed E-state index contributed by atoms with van der Waals surface area (Å²) in [5.41, 5.74) is 0.268. The lowest BCUT2D eigenvalue weighted by molar-refractivity contribution is -0.0165. The van der Waals surface area contributed by atoms with E-state index in [2.05, 4.69) is 6.92 Å². The zero-order chi connectivity index (χ0) is 14.4. The highest BCUT2D eigenvalue weighted by Gasteiger charge is 2.21. The van der Waals surface area contributed by atoms with Crippen molar-refractivity contribution in [1.82, 2.24) is 0 Å². The smallest absolute Gasteiger partial charge is 0.335 e. The van der Waals surface area contributed by atoms with Gasteiger partial charge in [-0.05, 0) is 43.0 Å². The fourth-order valence-electron chi connectivity index (χ4n) is 2.58. The van der Waals surface area contributed by atoms with Gasteiger partial charge in [0.1, 0.15) is 12.4 Å². The minimum atomic E-state index is -0.925. The number of aromatic carboxylic acids is 1. The number of hydrogen-bond acceptors (Lipinski definition) is 3. The van der Waals surface area contributed by atoms with Crippen molar-refractivity contribution in [3.05, 3.63) is 29.8 Å². The van der Waals surface area contributed by atoms with Gasteiger partial charge in [-0.25, -0.2) is 4.79 Å². The van der Waals surface area contributed by atoms with Gasteiger partial charge in [-0.15, -0.1) is 0 Å². The van der Waals surface area contributed by atoms with Crippen LogP contribution in [0.4, 0.5) is 0 Å². The Kier molecular flexibility index (Phi) is 5.41. The lowest BCUT2D eigenvalue weighted by atomic mass is 9.88. The van der Waals surface area contributed by atoms with Crippen molar-refractivity contribution in [2.45, 2.75) is 38.7 Å². The molecule has 20 heavy (non-hydrogen) atoms. The molecule has 4 heteroatoms. The van der Waals surface area contributed by atoms with Gasteiger partial charge in [0.25, 0.3) is 0 Å². The van der Waals surface area contributed by atoms with Gasteiger partial charge in [0.05, 0.1) is 18.3 Å². The molecule has 1 aromatic carbocycles. The van der Waals surface area contributed by atoms with Crippen LogP contribution < -0.4 is 4.74 Å². The van der Waals surface area contributed by atoms with Gasteiger partial charge >= 0.3 is 5.97 Å². The third kappa shape index (κ3) is 4.23. The van der Waals surface area contributed by atoms with E-state index in [1.807, 2.05) is 0 Å². The van der Waals surface area contributed by atoms with Crippen LogP contribution in [0.15, 0.2) is 24.3 Å². The second kappa shape index (κ2) is 7.29. The average molecular weight is 278 g/mol. The van der Waals surface area contributed by atoms with E-state index in [9.17, 15) is 4.79 Å². The molecular formula is C16H22O4. The summed E-state index contributed by atoms with van der Waals surface area (Å²) in [6, 6.07) is 6.43. The summed E-state index contributed by atoms with van der Waals surface area (Å²) in [6.45, 7) is 3.32. The van der Waals surface area contributed by atoms with Gasteiger partial charge in [-0.1, -0.05) is 19.8 Å². The number of carboxylic acids is 1. The third-order valence-corrected chi connectivity index (χ3v) is 3.82. The molecule has 1 aliphatic carbocycles. The molecule has 0 heterocycles. The maximum absolute atomic E-state index is 10.7. The molecule has 1 saturated carbocycles. The van der Waals surface area contributed by atoms with Crippen molar-refractivity contribution in [2.24, 2.45) is 5.92 Å². The van der Waals surface area contributed by atoms with E-state index >= 15 is 0 Å². The summed E-state index contributed by atoms with van der Waals surface area (Å²) < 4.78 is 11.4. The number of rotatable bonds is 6. The molecule has 1 aliphatic rings. The largest absolute Gasteiger partial charge is 0.491 e. The van der Waals surface area contributed by atoms with Gasteiger partial charge < -0.3 is 14.6 Å². The summed E-state index contributed by atoms with van der Waals surface area (Å²) in [5, 5.41) is 8.80. The highest BCUT2D eigenvalue weighted by Crippen LogP contribution is 2.26. The molecule has 0 radical (unpaired) electrons. The number of benzene rings is 1. The summed E-state index contributed by atoms with van der Waals surface area (Å²) in [5.74, 6) is 0.389. The van der Waals surface area contributed by atoms with Crippen molar-refractivity contribution in [3.63, 3.8) is 0 Å². The molecule has 1 aromatic rings. The molecule has 4 nitrogen and oxygen atoms in total. The first-order chi connectivity index (χ1) is 9.66. The molecule has 0 aromatic heterocycles. The highest BCUT2D eigenvalue weighted by molar-refractivity contribution is 5.87. The monoisotopic (exact) mass is 278 g/mol. The Morgan fingerprint density at radius 2 is 1.90 bits per heavy atom. The molecule has 110 valence electrons. The predicted octanol–water partition coefficient (Wildman–Crippen LogP) is 3.36. The van der Waals surface area contributed by atoms with Crippen LogP contribution in [-0.2, 0) is 4.74 Å². The topological polar surface area (TPSA) is 55.8 Å². The van der Waals surface area contributed by atoms with E-state index in [0.717, 1.165) is 6.42 Å². The Balaban J connectivity index is 1.69. The van der Waals surface area contributed by atoms with Gasteiger partial charge in [0.15, 0.2) is 0 Å². The van der Waals surface area contributed by atoms with Crippen molar-refractivity contribution >= 4 is 5.97 Å². The van der Waals surface area contributed by atoms with E-state index < -0.39 is 5.97 Å². The molecule has 1 N–H and O–H groups in total. The molecule has 2 unspecified atom stereocenters. The van der Waals surface area contributed by atoms with E-state index in [-0.39, 0.29) is 5.56 Å². The maximum atomic E-state index is 10.7. The quantitative estimate of drug-likeness (QED) is 0.811. The molecule has 2 rings (SSSR count). The molecule has 0 spiro atoms. The molecule has 1 fully saturated rings. The summed E-state index contributed by atoms with van der Waals surface area (Å²) in [6.07, 6.45) is 5.33. The Labute approximate surface area is 119 Å². The van der Waals surface area contributed by atoms with Crippen LogP contribution in [0.1, 0.15) is 43.0 Å². The average Bonchev–Trinajstić information content (AvgIpc) is 2.46. The molecular weight excluding hydrogens is 256 g/mol. The number of ether oxygens (including phenoxy) is 2. The molecule has 0 saturated heterocycles. The Hall–Kier alpha value is -1.55. The SMILES string of the molecule is CC1CCCCC1OCCOc1ccc(C(=O)O)cc1. The summed E-state index contributed by atoms with van der Waals surface area (Å²) in [7, 11) is 0. The Morgan fingerprint density at radius 3 is 2.55 bits per heavy atom. The minimum absolute atomic E-state index is 0.268. The van der Waals surface area contributed by atoms with Crippen molar-refractivity contribution in [2.75, 3.05) is 13.2 Å². The van der Waals surface area contributed by atoms with E-state index in [1.165, 1.54) is 19.3 Å². The van der Waals surface area contributed by atoms with Crippen molar-refractivity contribution in [3.8, 4) is 5.75 Å². The second-order valence-electron chi connectivity index (χ2n) is 5.35. The summed E-state index contributed by atoms with van der Waals surface area (Å²) >= 11 is 0. The normalized spacial score (nSPS) is 22.4. The van der Waals surface area contributed by atoms with E-state index in [0.29, 0.717) is 31.0 Å². The second-order valence-corrected chi connectivity index (χ2v) is 5.35. The van der Waals surface area contributed by atoms with Gasteiger partial charge in [0, 0.05) is 0 Å². The van der Waals surface area contributed by atoms with Gasteiger partial charge in [-0.2, -0.15) is 0 Å². The maximum Gasteiger partial charge on any atom is 0.335 e. The third-order valence-electron chi connectivity index (χ3n) is 3.82. The molecule has 2 atom stereocenters. The fraction of sp³-hybridized carbons (Fsp3) is 0.562. The Morgan fingerprint density at radius 1 is 1.20 bits per heavy atom. The van der Waals surface area contributed by atoms with E-state index in [1.54, 1.807) is 24.3 Å². The first-order valence-electron chi connectivity index (χ1n) is 7.24. The number of hydrogen-bond donors (Lipinski definition) is 1. The minimum Gasteiger partial charge on any atom is -0.491 e. The predicted molar refractivity (Wildman–Crippen MR) is 76.3 cm³/mol. The first kappa shape index (κ1) is 14.9. The standard InChI is InChI=1S/C16H22O4/c1-12-4-2-3-5-15(12)20-11-10-19-14-8-6-13(7-9-14)16(17)18/h6-9,12,15H,2-5,10-11H2,1H3,(H,17,18). The van der Waals surface area contributed by atoms with Crippen LogP contribution in [0.25, 0.3) is 0 Å². The highest BCUT2D eigenvalue weighted by atomic mass is 16.5. The molecule has 0 bridgehead atoms. The van der Waals surface area contributed by atoms with Crippen LogP contribution in [-0.4, -0.2) is 30.4 Å². The number of carboxylic acid groups (broad SMARTS) is 1. The van der Waals surface area contributed by atoms with E-state index in [4.69, 9.17) is 14.6 Å². The van der Waals surface area contributed by atoms with Crippen LogP contribution in [0.5, 0.6) is 5.75 Å². The zero-order valence-electron chi connectivity index (χ0n) is 11.9. The Bertz CT molecular complexity index is 427. The van der Waals surface area contributed by atoms with Crippen LogP contribution in [0.2, 0.25) is 0 Å². The number of carbonyl (C=O) groups is 1. The molecule has 0 aliphatic heterocycles. The van der Waals surface area contributed by atoms with Crippen LogP contribution in [0, 0.1) is 5.92 Å². The first-order valence-corrected chi connectivity index (χ1v) is 7.24. The summed E-state index contributed by atoms with van der Waals surface area (Å²) in [4.78, 5) is 10.7. The van der Waals surface area contributed by atoms with Gasteiger partial charge in [0.2, 0.25) is 0 Å². The van der Waals surface area contributed by atoms with Gasteiger partial charge in [-0.3, -0.25) is 0 Å². The fourth-order valence-corrected chi connectivity index (χ4v) is 2.58. The zero-order valence-corrected chi connectivity index (χ0v) is 11.9. The lowest BCUT2D eigenvalue weighted by Gasteiger charge is -2.28.